The van der Waals surface area contributed by atoms with Crippen molar-refractivity contribution < 1.29 is 9.59 Å². The van der Waals surface area contributed by atoms with Crippen molar-refractivity contribution in [1.29, 1.82) is 0 Å². The minimum Gasteiger partial charge on any atom is -0.289 e. The highest BCUT2D eigenvalue weighted by Gasteiger charge is 2.38. The lowest BCUT2D eigenvalue weighted by molar-refractivity contribution is 0.0981. The Bertz CT molecular complexity index is 2090. The molecule has 6 aromatic carbocycles. The standard InChI is InChI=1S/C52H52O2/c1-5-7-9-11-13-37-19-27-41(28-20-37)45-33-31-43(39-23-15-35(3)16-24-39)47-49(45)52(54)50-46(42-29-21-38(22-30-42)14-12-10-8-6-2)34-32-44(48(50)51(47)53)40-25-17-36(4)18-26-40/h15-34H,5-14H2,1-4H3. The average Bonchev–Trinajstić information content (AvgIpc) is 3.20. The molecule has 0 heterocycles. The SMILES string of the molecule is CCCCCCc1ccc(-c2ccc(-c3ccc(C)cc3)c3c2C(=O)c2c(-c4ccc(CCCCCC)cc4)ccc(-c4ccc(C)cc4)c2C3=O)cc1. The Morgan fingerprint density at radius 1 is 0.333 bits per heavy atom. The number of aryl methyl sites for hydroxylation is 4. The summed E-state index contributed by atoms with van der Waals surface area (Å²) in [6, 6.07) is 42.0. The fraction of sp³-hybridized carbons (Fsp3) is 0.269. The van der Waals surface area contributed by atoms with Gasteiger partial charge >= 0.3 is 0 Å². The van der Waals surface area contributed by atoms with Gasteiger partial charge in [-0.15, -0.1) is 0 Å². The molecule has 1 aliphatic rings. The van der Waals surface area contributed by atoms with Crippen molar-refractivity contribution in [3.05, 3.63) is 166 Å². The van der Waals surface area contributed by atoms with Gasteiger partial charge in [0.25, 0.3) is 0 Å². The Labute approximate surface area is 322 Å². The molecule has 0 amide bonds. The first-order valence-corrected chi connectivity index (χ1v) is 20.1. The molecule has 7 rings (SSSR count). The second kappa shape index (κ2) is 16.8. The van der Waals surface area contributed by atoms with Crippen LogP contribution in [0.5, 0.6) is 0 Å². The predicted octanol–water partition coefficient (Wildman–Crippen LogP) is 14.0. The summed E-state index contributed by atoms with van der Waals surface area (Å²) < 4.78 is 0. The third kappa shape index (κ3) is 7.66. The van der Waals surface area contributed by atoms with Crippen molar-refractivity contribution in [3.8, 4) is 44.5 Å². The molecule has 0 fully saturated rings. The lowest BCUT2D eigenvalue weighted by atomic mass is 9.73. The van der Waals surface area contributed by atoms with Crippen molar-refractivity contribution in [2.75, 3.05) is 0 Å². The largest absolute Gasteiger partial charge is 0.289 e. The Balaban J connectivity index is 1.41. The lowest BCUT2D eigenvalue weighted by Gasteiger charge is -2.27. The van der Waals surface area contributed by atoms with Crippen LogP contribution in [0.3, 0.4) is 0 Å². The first-order valence-electron chi connectivity index (χ1n) is 20.1. The summed E-state index contributed by atoms with van der Waals surface area (Å²) in [5, 5.41) is 0. The summed E-state index contributed by atoms with van der Waals surface area (Å²) in [4.78, 5) is 30.9. The first kappa shape index (κ1) is 37.0. The van der Waals surface area contributed by atoms with Gasteiger partial charge in [0.2, 0.25) is 0 Å². The molecule has 2 heteroatoms. The van der Waals surface area contributed by atoms with Gasteiger partial charge in [-0.05, 0) is 95.2 Å². The van der Waals surface area contributed by atoms with E-state index in [4.69, 9.17) is 0 Å². The molecule has 0 N–H and O–H groups in total. The number of rotatable bonds is 14. The average molecular weight is 709 g/mol. The molecule has 0 unspecified atom stereocenters. The zero-order valence-electron chi connectivity index (χ0n) is 32.4. The van der Waals surface area contributed by atoms with E-state index in [-0.39, 0.29) is 11.6 Å². The molecule has 0 atom stereocenters. The maximum Gasteiger partial charge on any atom is 0.195 e. The van der Waals surface area contributed by atoms with Gasteiger partial charge in [-0.3, -0.25) is 9.59 Å². The van der Waals surface area contributed by atoms with Gasteiger partial charge < -0.3 is 0 Å². The summed E-state index contributed by atoms with van der Waals surface area (Å²) in [7, 11) is 0. The van der Waals surface area contributed by atoms with E-state index in [0.29, 0.717) is 22.3 Å². The van der Waals surface area contributed by atoms with Gasteiger partial charge in [0.1, 0.15) is 0 Å². The van der Waals surface area contributed by atoms with Gasteiger partial charge in [0.05, 0.1) is 0 Å². The molecule has 6 aromatic rings. The molecule has 0 bridgehead atoms. The van der Waals surface area contributed by atoms with Crippen molar-refractivity contribution in [2.45, 2.75) is 91.9 Å². The third-order valence-corrected chi connectivity index (χ3v) is 11.2. The number of carbonyl (C=O) groups is 2. The molecule has 0 aromatic heterocycles. The van der Waals surface area contributed by atoms with E-state index >= 15 is 9.59 Å². The number of benzene rings is 6. The quantitative estimate of drug-likeness (QED) is 0.105. The number of ketones is 2. The van der Waals surface area contributed by atoms with Crippen LogP contribution in [-0.4, -0.2) is 11.6 Å². The van der Waals surface area contributed by atoms with Crippen molar-refractivity contribution >= 4 is 11.6 Å². The fourth-order valence-electron chi connectivity index (χ4n) is 8.04. The molecule has 0 radical (unpaired) electrons. The molecule has 0 spiro atoms. The van der Waals surface area contributed by atoms with Crippen LogP contribution in [0.1, 0.15) is 119 Å². The van der Waals surface area contributed by atoms with Crippen LogP contribution in [0.4, 0.5) is 0 Å². The van der Waals surface area contributed by atoms with Crippen LogP contribution >= 0.6 is 0 Å². The Morgan fingerprint density at radius 2 is 0.611 bits per heavy atom. The van der Waals surface area contributed by atoms with E-state index in [0.717, 1.165) is 68.5 Å². The highest BCUT2D eigenvalue weighted by atomic mass is 16.1. The molecule has 0 saturated carbocycles. The van der Waals surface area contributed by atoms with E-state index in [1.54, 1.807) is 0 Å². The molecule has 1 aliphatic carbocycles. The fourth-order valence-corrected chi connectivity index (χ4v) is 8.04. The van der Waals surface area contributed by atoms with Crippen molar-refractivity contribution in [2.24, 2.45) is 0 Å². The van der Waals surface area contributed by atoms with Gasteiger partial charge in [-0.25, -0.2) is 0 Å². The van der Waals surface area contributed by atoms with Gasteiger partial charge in [-0.1, -0.05) is 185 Å². The number of hydrogen-bond acceptors (Lipinski definition) is 2. The molecule has 2 nitrogen and oxygen atoms in total. The van der Waals surface area contributed by atoms with Crippen molar-refractivity contribution in [1.82, 2.24) is 0 Å². The number of hydrogen-bond donors (Lipinski definition) is 0. The van der Waals surface area contributed by atoms with Gasteiger partial charge in [-0.2, -0.15) is 0 Å². The smallest absolute Gasteiger partial charge is 0.195 e. The van der Waals surface area contributed by atoms with Crippen LogP contribution in [0.25, 0.3) is 44.5 Å². The van der Waals surface area contributed by atoms with Crippen LogP contribution in [0.2, 0.25) is 0 Å². The summed E-state index contributed by atoms with van der Waals surface area (Å²) >= 11 is 0. The first-order chi connectivity index (χ1) is 26.4. The van der Waals surface area contributed by atoms with Crippen molar-refractivity contribution in [3.63, 3.8) is 0 Å². The monoisotopic (exact) mass is 708 g/mol. The minimum absolute atomic E-state index is 0.0974. The second-order valence-electron chi connectivity index (χ2n) is 15.2. The summed E-state index contributed by atoms with van der Waals surface area (Å²) in [5.41, 5.74) is 13.8. The molecule has 0 aliphatic heterocycles. The molecule has 54 heavy (non-hydrogen) atoms. The second-order valence-corrected chi connectivity index (χ2v) is 15.2. The Morgan fingerprint density at radius 3 is 0.889 bits per heavy atom. The van der Waals surface area contributed by atoms with Crippen LogP contribution < -0.4 is 0 Å². The topological polar surface area (TPSA) is 34.1 Å². The van der Waals surface area contributed by atoms with E-state index < -0.39 is 0 Å². The molecule has 0 saturated heterocycles. The molecular weight excluding hydrogens is 657 g/mol. The Hall–Kier alpha value is -5.34. The highest BCUT2D eigenvalue weighted by molar-refractivity contribution is 6.35. The zero-order chi connectivity index (χ0) is 37.6. The van der Waals surface area contributed by atoms with Crippen LogP contribution in [-0.2, 0) is 12.8 Å². The summed E-state index contributed by atoms with van der Waals surface area (Å²) in [5.74, 6) is -0.200. The summed E-state index contributed by atoms with van der Waals surface area (Å²) in [6.45, 7) is 8.61. The van der Waals surface area contributed by atoms with Crippen LogP contribution in [0.15, 0.2) is 121 Å². The minimum atomic E-state index is -0.102. The molecular formula is C52H52O2. The Kier molecular flexibility index (Phi) is 11.5. The predicted molar refractivity (Wildman–Crippen MR) is 227 cm³/mol. The lowest BCUT2D eigenvalue weighted by Crippen LogP contribution is -2.25. The number of unbranched alkanes of at least 4 members (excludes halogenated alkanes) is 6. The maximum absolute atomic E-state index is 15.5. The van der Waals surface area contributed by atoms with Crippen LogP contribution in [0, 0.1) is 13.8 Å². The van der Waals surface area contributed by atoms with E-state index in [9.17, 15) is 0 Å². The highest BCUT2D eigenvalue weighted by Crippen LogP contribution is 2.45. The molecule has 272 valence electrons. The maximum atomic E-state index is 15.5. The van der Waals surface area contributed by atoms with E-state index in [2.05, 4.69) is 137 Å². The number of carbonyl (C=O) groups excluding carboxylic acids is 2. The summed E-state index contributed by atoms with van der Waals surface area (Å²) in [6.07, 6.45) is 11.8. The zero-order valence-corrected chi connectivity index (χ0v) is 32.4. The van der Waals surface area contributed by atoms with Gasteiger partial charge in [0, 0.05) is 22.3 Å². The van der Waals surface area contributed by atoms with Gasteiger partial charge in [0.15, 0.2) is 11.6 Å². The number of fused-ring (bicyclic) bond motifs is 2. The normalized spacial score (nSPS) is 12.1. The van der Waals surface area contributed by atoms with E-state index in [1.807, 2.05) is 12.1 Å². The third-order valence-electron chi connectivity index (χ3n) is 11.2. The van der Waals surface area contributed by atoms with E-state index in [1.165, 1.54) is 62.5 Å².